The van der Waals surface area contributed by atoms with Crippen molar-refractivity contribution in [3.63, 3.8) is 0 Å². The number of halogens is 3. The minimum absolute atomic E-state index is 0.00353. The van der Waals surface area contributed by atoms with E-state index in [0.717, 1.165) is 34.3 Å². The highest BCUT2D eigenvalue weighted by atomic mass is 32.3. The van der Waals surface area contributed by atoms with Crippen LogP contribution in [0.1, 0.15) is 54.8 Å². The Labute approximate surface area is 229 Å². The van der Waals surface area contributed by atoms with Gasteiger partial charge >= 0.3 is 18.2 Å². The average molecular weight is 575 g/mol. The Bertz CT molecular complexity index is 1490. The van der Waals surface area contributed by atoms with Crippen LogP contribution in [0, 0.1) is 11.3 Å². The number of imide groups is 1. The molecule has 4 amide bonds. The van der Waals surface area contributed by atoms with Gasteiger partial charge in [-0.1, -0.05) is 12.1 Å². The molecule has 9 nitrogen and oxygen atoms in total. The van der Waals surface area contributed by atoms with Gasteiger partial charge in [-0.2, -0.15) is 29.0 Å². The van der Waals surface area contributed by atoms with E-state index in [2.05, 4.69) is 5.32 Å². The molecule has 1 heterocycles. The Morgan fingerprint density at radius 3 is 2.48 bits per heavy atom. The van der Waals surface area contributed by atoms with Crippen LogP contribution in [0.4, 0.5) is 28.4 Å². The molecule has 0 spiro atoms. The number of rotatable bonds is 4. The number of anilines is 1. The third-order valence-electron chi connectivity index (χ3n) is 7.04. The maximum atomic E-state index is 14.2. The smallest absolute Gasteiger partial charge is 0.335 e. The second-order valence-corrected chi connectivity index (χ2v) is 12.1. The fourth-order valence-electron chi connectivity index (χ4n) is 5.07. The maximum absolute atomic E-state index is 14.2. The van der Waals surface area contributed by atoms with E-state index in [-0.39, 0.29) is 51.9 Å². The van der Waals surface area contributed by atoms with Gasteiger partial charge in [-0.3, -0.25) is 18.8 Å². The molecule has 3 N–H and O–H groups in total. The number of carbonyl (C=O) groups excluding carboxylic acids is 3. The number of Topliss-reactive ketones (excluding diaryl/α,β-unsaturated/α-hetero) is 1. The van der Waals surface area contributed by atoms with Crippen LogP contribution >= 0.6 is 10.6 Å². The topological polar surface area (TPSA) is 134 Å². The van der Waals surface area contributed by atoms with E-state index in [4.69, 9.17) is 0 Å². The zero-order valence-corrected chi connectivity index (χ0v) is 22.1. The zero-order chi connectivity index (χ0) is 29.0. The number of urea groups is 2. The third-order valence-corrected chi connectivity index (χ3v) is 8.22. The summed E-state index contributed by atoms with van der Waals surface area (Å²) in [5, 5.41) is 12.1. The molecular weight excluding hydrogens is 549 g/mol. The number of hydrogen-bond acceptors (Lipinski definition) is 6. The van der Waals surface area contributed by atoms with Crippen molar-refractivity contribution in [2.45, 2.75) is 55.3 Å². The normalized spacial score (nSPS) is 20.3. The van der Waals surface area contributed by atoms with Crippen molar-refractivity contribution in [3.05, 3.63) is 70.4 Å². The molecule has 1 fully saturated rings. The van der Waals surface area contributed by atoms with E-state index < -0.39 is 46.2 Å². The molecule has 40 heavy (non-hydrogen) atoms. The predicted molar refractivity (Wildman–Crippen MR) is 140 cm³/mol. The van der Waals surface area contributed by atoms with Crippen LogP contribution in [0.15, 0.2) is 58.6 Å². The first kappa shape index (κ1) is 27.7. The highest BCUT2D eigenvalue weighted by Crippen LogP contribution is 2.52. The maximum Gasteiger partial charge on any atom is 0.416 e. The second kappa shape index (κ2) is 9.96. The van der Waals surface area contributed by atoms with Crippen LogP contribution in [-0.2, 0) is 11.0 Å². The van der Waals surface area contributed by atoms with Crippen LogP contribution in [0.2, 0.25) is 0 Å². The molecular formula is C27H25F3N4O5S. The average Bonchev–Trinajstić information content (AvgIpc) is 3.70. The number of amides is 4. The summed E-state index contributed by atoms with van der Waals surface area (Å²) in [6.45, 7) is 0. The first-order valence-corrected chi connectivity index (χ1v) is 14.4. The molecule has 3 aliphatic rings. The molecule has 2 aromatic rings. The molecule has 0 unspecified atom stereocenters. The fourth-order valence-corrected chi connectivity index (χ4v) is 6.05. The lowest BCUT2D eigenvalue weighted by Crippen LogP contribution is -2.57. The van der Waals surface area contributed by atoms with Crippen LogP contribution in [-0.4, -0.2) is 44.1 Å². The lowest BCUT2D eigenvalue weighted by molar-refractivity contribution is -0.137. The van der Waals surface area contributed by atoms with E-state index in [1.54, 1.807) is 0 Å². The molecule has 0 aromatic heterocycles. The van der Waals surface area contributed by atoms with Crippen molar-refractivity contribution in [2.75, 3.05) is 11.2 Å². The Kier molecular flexibility index (Phi) is 6.89. The van der Waals surface area contributed by atoms with Crippen LogP contribution < -0.4 is 10.2 Å². The molecule has 13 heteroatoms. The number of nitrogens with one attached hydrogen (secondary N) is 1. The largest absolute Gasteiger partial charge is 0.416 e. The Morgan fingerprint density at radius 2 is 1.85 bits per heavy atom. The minimum atomic E-state index is -4.70. The Hall–Kier alpha value is -3.86. The van der Waals surface area contributed by atoms with Crippen LogP contribution in [0.5, 0.6) is 0 Å². The van der Waals surface area contributed by atoms with Gasteiger partial charge in [-0.25, -0.2) is 14.5 Å². The SMILES string of the molecule is CS(O)(O)c1cc(C#N)ccc1[C@@H]1C2=C(CCCC2=O)N(c2cccc(C(F)(F)F)c2)C(=O)N1C(=O)NC1CC1. The highest BCUT2D eigenvalue weighted by molar-refractivity contribution is 8.23. The fraction of sp³-hybridized carbons (Fsp3) is 0.333. The predicted octanol–water partition coefficient (Wildman–Crippen LogP) is 6.18. The van der Waals surface area contributed by atoms with Crippen molar-refractivity contribution < 1.29 is 36.7 Å². The molecule has 2 aliphatic carbocycles. The van der Waals surface area contributed by atoms with Gasteiger partial charge < -0.3 is 5.32 Å². The highest BCUT2D eigenvalue weighted by Gasteiger charge is 2.49. The standard InChI is InChI=1S/C27H25F3N4O5S/c1-40(38,39)22-12-15(14-31)8-11-19(22)24-23-20(6-3-7-21(23)35)33(18-5-2-4-16(13-18)27(28,29)30)26(37)34(24)25(36)32-17-9-10-17/h2,4-5,8,11-13,17,24,38-39H,3,6-7,9-10H2,1H3,(H,32,36)/t24-/m1/s1. The zero-order valence-electron chi connectivity index (χ0n) is 21.2. The molecule has 1 atom stereocenters. The summed E-state index contributed by atoms with van der Waals surface area (Å²) in [7, 11) is -3.53. The van der Waals surface area contributed by atoms with Crippen molar-refractivity contribution in [1.29, 1.82) is 5.26 Å². The number of nitriles is 1. The summed E-state index contributed by atoms with van der Waals surface area (Å²) in [4.78, 5) is 42.9. The summed E-state index contributed by atoms with van der Waals surface area (Å²) in [6.07, 6.45) is -1.70. The van der Waals surface area contributed by atoms with E-state index in [1.807, 2.05) is 6.07 Å². The monoisotopic (exact) mass is 574 g/mol. The van der Waals surface area contributed by atoms with Crippen molar-refractivity contribution in [1.82, 2.24) is 10.2 Å². The summed E-state index contributed by atoms with van der Waals surface area (Å²) >= 11 is 0. The molecule has 1 aliphatic heterocycles. The number of hydrogen-bond donors (Lipinski definition) is 3. The minimum Gasteiger partial charge on any atom is -0.335 e. The molecule has 210 valence electrons. The van der Waals surface area contributed by atoms with Gasteiger partial charge in [0, 0.05) is 35.6 Å². The van der Waals surface area contributed by atoms with Gasteiger partial charge in [0.25, 0.3) is 0 Å². The third kappa shape index (κ3) is 5.05. The van der Waals surface area contributed by atoms with Crippen molar-refractivity contribution in [2.24, 2.45) is 0 Å². The second-order valence-electron chi connectivity index (χ2n) is 10.00. The summed E-state index contributed by atoms with van der Waals surface area (Å²) in [5.41, 5.74) is -0.872. The Balaban J connectivity index is 1.78. The number of ketones is 1. The summed E-state index contributed by atoms with van der Waals surface area (Å²) in [5.74, 6) is -0.428. The van der Waals surface area contributed by atoms with E-state index in [1.165, 1.54) is 24.3 Å². The number of benzene rings is 2. The molecule has 1 saturated carbocycles. The summed E-state index contributed by atoms with van der Waals surface area (Å²) in [6, 6.07) is 6.49. The first-order chi connectivity index (χ1) is 18.8. The van der Waals surface area contributed by atoms with Gasteiger partial charge in [0.05, 0.1) is 27.8 Å². The number of nitrogens with zero attached hydrogens (tertiary/aromatic N) is 3. The lowest BCUT2D eigenvalue weighted by Gasteiger charge is -2.45. The number of carbonyl (C=O) groups is 3. The van der Waals surface area contributed by atoms with Crippen LogP contribution in [0.25, 0.3) is 0 Å². The molecule has 0 bridgehead atoms. The number of allylic oxidation sites excluding steroid dienone is 1. The lowest BCUT2D eigenvalue weighted by atomic mass is 9.83. The Morgan fingerprint density at radius 1 is 1.12 bits per heavy atom. The molecule has 0 radical (unpaired) electrons. The summed E-state index contributed by atoms with van der Waals surface area (Å²) < 4.78 is 62.1. The molecule has 5 rings (SSSR count). The van der Waals surface area contributed by atoms with Gasteiger partial charge in [-0.15, -0.1) is 0 Å². The molecule has 2 aromatic carbocycles. The van der Waals surface area contributed by atoms with E-state index in [0.29, 0.717) is 19.3 Å². The van der Waals surface area contributed by atoms with E-state index >= 15 is 0 Å². The van der Waals surface area contributed by atoms with Crippen LogP contribution in [0.3, 0.4) is 0 Å². The first-order valence-electron chi connectivity index (χ1n) is 12.5. The number of alkyl halides is 3. The van der Waals surface area contributed by atoms with Gasteiger partial charge in [0.2, 0.25) is 0 Å². The van der Waals surface area contributed by atoms with Gasteiger partial charge in [0.15, 0.2) is 5.78 Å². The van der Waals surface area contributed by atoms with Gasteiger partial charge in [0.1, 0.15) is 6.04 Å². The quantitative estimate of drug-likeness (QED) is 0.399. The van der Waals surface area contributed by atoms with E-state index in [9.17, 15) is 41.9 Å². The van der Waals surface area contributed by atoms with Crippen molar-refractivity contribution in [3.8, 4) is 6.07 Å². The van der Waals surface area contributed by atoms with Crippen molar-refractivity contribution >= 4 is 34.1 Å². The van der Waals surface area contributed by atoms with Gasteiger partial charge in [-0.05, 0) is 56.0 Å². The molecule has 0 saturated heterocycles.